The van der Waals surface area contributed by atoms with Gasteiger partial charge < -0.3 is 15.7 Å². The number of rotatable bonds is 3. The summed E-state index contributed by atoms with van der Waals surface area (Å²) < 4.78 is 38.9. The van der Waals surface area contributed by atoms with Crippen molar-refractivity contribution in [2.24, 2.45) is 4.99 Å². The van der Waals surface area contributed by atoms with Crippen molar-refractivity contribution in [3.05, 3.63) is 57.8 Å². The molecule has 3 rings (SSSR count). The van der Waals surface area contributed by atoms with Crippen LogP contribution in [0.5, 0.6) is 0 Å². The molecule has 0 bridgehead atoms. The van der Waals surface area contributed by atoms with Crippen molar-refractivity contribution >= 4 is 22.4 Å². The predicted octanol–water partition coefficient (Wildman–Crippen LogP) is 2.71. The Kier molecular flexibility index (Phi) is 4.07. The van der Waals surface area contributed by atoms with Gasteiger partial charge in [0.1, 0.15) is 11.4 Å². The Morgan fingerprint density at radius 3 is 2.60 bits per heavy atom. The van der Waals surface area contributed by atoms with Crippen molar-refractivity contribution in [1.29, 1.82) is 0 Å². The van der Waals surface area contributed by atoms with Crippen LogP contribution in [-0.4, -0.2) is 27.2 Å². The van der Waals surface area contributed by atoms with E-state index >= 15 is 0 Å². The van der Waals surface area contributed by atoms with Crippen molar-refractivity contribution in [3.8, 4) is 0 Å². The second-order valence-corrected chi connectivity index (χ2v) is 5.29. The fourth-order valence-corrected chi connectivity index (χ4v) is 2.46. The number of aliphatic imine (C=N–C) groups is 1. The third kappa shape index (κ3) is 3.25. The molecule has 0 radical (unpaired) electrons. The molecule has 4 N–H and O–H groups in total. The summed E-state index contributed by atoms with van der Waals surface area (Å²) in [7, 11) is 0. The number of imidazole rings is 1. The number of nitrogen functional groups attached to an aromatic ring is 1. The minimum atomic E-state index is -4.59. The predicted molar refractivity (Wildman–Crippen MR) is 88.8 cm³/mol. The van der Waals surface area contributed by atoms with Gasteiger partial charge in [0.15, 0.2) is 0 Å². The van der Waals surface area contributed by atoms with Gasteiger partial charge in [-0.2, -0.15) is 13.2 Å². The molecule has 130 valence electrons. The van der Waals surface area contributed by atoms with E-state index in [2.05, 4.69) is 19.9 Å². The lowest BCUT2D eigenvalue weighted by Gasteiger charge is -2.12. The molecule has 0 unspecified atom stereocenters. The zero-order valence-corrected chi connectivity index (χ0v) is 13.1. The van der Waals surface area contributed by atoms with E-state index in [0.29, 0.717) is 23.1 Å². The number of halogens is 3. The van der Waals surface area contributed by atoms with Gasteiger partial charge in [-0.25, -0.2) is 9.78 Å². The van der Waals surface area contributed by atoms with E-state index < -0.39 is 11.9 Å². The maximum absolute atomic E-state index is 13.0. The van der Waals surface area contributed by atoms with E-state index in [1.807, 2.05) is 0 Å². The Labute approximate surface area is 139 Å². The molecule has 0 amide bonds. The highest BCUT2D eigenvalue weighted by molar-refractivity contribution is 6.15. The number of nitrogens with one attached hydrogen (secondary N) is 2. The number of alkyl halides is 3. The molecule has 3 aromatic rings. The standard InChI is InChI=1S/C16H14F3N5O/c1-2-21-13(8-3-5-10-11(7-8)23-15(25)22-10)14-9(20)4-6-12(24-14)16(17,18)19/h3-7H,2,20H2,1H3,(H2,22,23,25). The third-order valence-electron chi connectivity index (χ3n) is 3.55. The minimum absolute atomic E-state index is 0.0473. The van der Waals surface area contributed by atoms with Gasteiger partial charge in [-0.3, -0.25) is 4.99 Å². The smallest absolute Gasteiger partial charge is 0.397 e. The van der Waals surface area contributed by atoms with Crippen LogP contribution in [0.1, 0.15) is 23.9 Å². The molecular formula is C16H14F3N5O. The molecule has 2 aromatic heterocycles. The molecule has 0 atom stereocenters. The number of pyridine rings is 1. The number of hydrogen-bond donors (Lipinski definition) is 3. The molecule has 0 aliphatic rings. The van der Waals surface area contributed by atoms with Crippen LogP contribution in [0.3, 0.4) is 0 Å². The van der Waals surface area contributed by atoms with Crippen LogP contribution in [0.25, 0.3) is 11.0 Å². The largest absolute Gasteiger partial charge is 0.433 e. The van der Waals surface area contributed by atoms with E-state index in [1.165, 1.54) is 0 Å². The first-order chi connectivity index (χ1) is 11.8. The quantitative estimate of drug-likeness (QED) is 0.634. The van der Waals surface area contributed by atoms with E-state index in [9.17, 15) is 18.0 Å². The van der Waals surface area contributed by atoms with E-state index in [-0.39, 0.29) is 22.8 Å². The Morgan fingerprint density at radius 2 is 1.92 bits per heavy atom. The van der Waals surface area contributed by atoms with E-state index in [0.717, 1.165) is 12.1 Å². The van der Waals surface area contributed by atoms with Gasteiger partial charge in [-0.15, -0.1) is 0 Å². The van der Waals surface area contributed by atoms with Crippen molar-refractivity contribution in [2.45, 2.75) is 13.1 Å². The minimum Gasteiger partial charge on any atom is -0.397 e. The Bertz CT molecular complexity index is 1020. The number of H-pyrrole nitrogens is 2. The maximum Gasteiger partial charge on any atom is 0.433 e. The van der Waals surface area contributed by atoms with E-state index in [1.54, 1.807) is 25.1 Å². The normalized spacial score (nSPS) is 12.7. The average molecular weight is 349 g/mol. The van der Waals surface area contributed by atoms with Crippen LogP contribution in [0, 0.1) is 0 Å². The van der Waals surface area contributed by atoms with Crippen LogP contribution >= 0.6 is 0 Å². The summed E-state index contributed by atoms with van der Waals surface area (Å²) in [5, 5.41) is 0. The lowest BCUT2D eigenvalue weighted by atomic mass is 10.0. The number of hydrogen-bond acceptors (Lipinski definition) is 4. The highest BCUT2D eigenvalue weighted by Gasteiger charge is 2.33. The average Bonchev–Trinajstić information content (AvgIpc) is 2.91. The third-order valence-corrected chi connectivity index (χ3v) is 3.55. The molecule has 0 aliphatic carbocycles. The summed E-state index contributed by atoms with van der Waals surface area (Å²) in [5.74, 6) is 0. The highest BCUT2D eigenvalue weighted by Crippen LogP contribution is 2.29. The maximum atomic E-state index is 13.0. The summed E-state index contributed by atoms with van der Waals surface area (Å²) in [6.45, 7) is 2.08. The lowest BCUT2D eigenvalue weighted by Crippen LogP contribution is -2.15. The van der Waals surface area contributed by atoms with Crippen molar-refractivity contribution in [1.82, 2.24) is 15.0 Å². The molecular weight excluding hydrogens is 335 g/mol. The molecule has 0 aliphatic heterocycles. The Morgan fingerprint density at radius 1 is 1.20 bits per heavy atom. The molecule has 1 aromatic carbocycles. The molecule has 2 heterocycles. The topological polar surface area (TPSA) is 99.9 Å². The first-order valence-electron chi connectivity index (χ1n) is 7.40. The van der Waals surface area contributed by atoms with Crippen molar-refractivity contribution < 1.29 is 13.2 Å². The molecule has 6 nitrogen and oxygen atoms in total. The Hall–Kier alpha value is -3.10. The van der Waals surface area contributed by atoms with Crippen LogP contribution < -0.4 is 11.4 Å². The van der Waals surface area contributed by atoms with Gasteiger partial charge in [0.2, 0.25) is 0 Å². The molecule has 9 heteroatoms. The zero-order valence-electron chi connectivity index (χ0n) is 13.1. The first-order valence-corrected chi connectivity index (χ1v) is 7.40. The first kappa shape index (κ1) is 16.7. The van der Waals surface area contributed by atoms with Gasteiger partial charge in [-0.1, -0.05) is 6.07 Å². The number of nitrogens with two attached hydrogens (primary N) is 1. The molecule has 0 saturated carbocycles. The van der Waals surface area contributed by atoms with Gasteiger partial charge >= 0.3 is 11.9 Å². The van der Waals surface area contributed by atoms with Crippen LogP contribution in [0.15, 0.2) is 40.1 Å². The fraction of sp³-hybridized carbons (Fsp3) is 0.188. The summed E-state index contributed by atoms with van der Waals surface area (Å²) in [4.78, 5) is 24.5. The second kappa shape index (κ2) is 6.08. The number of aromatic nitrogens is 3. The van der Waals surface area contributed by atoms with Gasteiger partial charge in [0.25, 0.3) is 0 Å². The summed E-state index contributed by atoms with van der Waals surface area (Å²) in [5.41, 5.74) is 6.28. The zero-order chi connectivity index (χ0) is 18.2. The Balaban J connectivity index is 2.18. The molecule has 25 heavy (non-hydrogen) atoms. The number of aromatic amines is 2. The number of benzene rings is 1. The summed E-state index contributed by atoms with van der Waals surface area (Å²) in [6, 6.07) is 6.88. The number of nitrogens with zero attached hydrogens (tertiary/aromatic N) is 2. The monoisotopic (exact) mass is 349 g/mol. The van der Waals surface area contributed by atoms with Crippen LogP contribution in [0.4, 0.5) is 18.9 Å². The fourth-order valence-electron chi connectivity index (χ4n) is 2.46. The van der Waals surface area contributed by atoms with Gasteiger partial charge in [0, 0.05) is 12.1 Å². The van der Waals surface area contributed by atoms with E-state index in [4.69, 9.17) is 5.73 Å². The summed E-state index contributed by atoms with van der Waals surface area (Å²) >= 11 is 0. The molecule has 0 spiro atoms. The molecule has 0 saturated heterocycles. The SMILES string of the molecule is CCN=C(c1ccc2[nH]c(=O)[nH]c2c1)c1nc(C(F)(F)F)ccc1N. The number of anilines is 1. The molecule has 0 fully saturated rings. The highest BCUT2D eigenvalue weighted by atomic mass is 19.4. The van der Waals surface area contributed by atoms with Gasteiger partial charge in [0.05, 0.1) is 22.4 Å². The van der Waals surface area contributed by atoms with Crippen molar-refractivity contribution in [3.63, 3.8) is 0 Å². The number of fused-ring (bicyclic) bond motifs is 1. The van der Waals surface area contributed by atoms with Gasteiger partial charge in [-0.05, 0) is 31.2 Å². The second-order valence-electron chi connectivity index (χ2n) is 5.29. The van der Waals surface area contributed by atoms with Crippen LogP contribution in [0.2, 0.25) is 0 Å². The van der Waals surface area contributed by atoms with Crippen LogP contribution in [-0.2, 0) is 6.18 Å². The van der Waals surface area contributed by atoms with Crippen molar-refractivity contribution in [2.75, 3.05) is 12.3 Å². The summed E-state index contributed by atoms with van der Waals surface area (Å²) in [6.07, 6.45) is -4.59. The lowest BCUT2D eigenvalue weighted by molar-refractivity contribution is -0.141.